The minimum Gasteiger partial charge on any atom is -0.346 e. The highest BCUT2D eigenvalue weighted by Crippen LogP contribution is 2.52. The molecule has 0 unspecified atom stereocenters. The molecule has 1 heterocycles. The third kappa shape index (κ3) is 1.44. The van der Waals surface area contributed by atoms with E-state index in [9.17, 15) is 0 Å². The molecule has 2 fully saturated rings. The largest absolute Gasteiger partial charge is 0.346 e. The molecule has 2 bridgehead atoms. The zero-order chi connectivity index (χ0) is 11.3. The van der Waals surface area contributed by atoms with Gasteiger partial charge in [0.05, 0.1) is 0 Å². The van der Waals surface area contributed by atoms with Crippen LogP contribution in [0.2, 0.25) is 0 Å². The zero-order valence-corrected chi connectivity index (χ0v) is 10.7. The van der Waals surface area contributed by atoms with Crippen LogP contribution in [0.4, 0.5) is 0 Å². The van der Waals surface area contributed by atoms with Gasteiger partial charge in [-0.05, 0) is 69.9 Å². The van der Waals surface area contributed by atoms with Gasteiger partial charge in [0.25, 0.3) is 0 Å². The molecule has 16 heavy (non-hydrogen) atoms. The van der Waals surface area contributed by atoms with Crippen molar-refractivity contribution in [1.82, 2.24) is 4.57 Å². The van der Waals surface area contributed by atoms with E-state index < -0.39 is 0 Å². The van der Waals surface area contributed by atoms with Crippen molar-refractivity contribution in [2.75, 3.05) is 0 Å². The minimum absolute atomic E-state index is 0.713. The molecule has 0 amide bonds. The van der Waals surface area contributed by atoms with Crippen molar-refractivity contribution >= 4 is 0 Å². The summed E-state index contributed by atoms with van der Waals surface area (Å²) in [4.78, 5) is 0. The standard InChI is InChI=1S/C15H23N/c1-10-4-5-11(2)16(10)12(3)15-9-13-6-7-14(15)8-13/h4-5,12-15H,6-9H2,1-3H3/t12-,13-,14-,15+/m0/s1. The molecule has 3 rings (SSSR count). The molecule has 0 aliphatic heterocycles. The maximum absolute atomic E-state index is 2.56. The van der Waals surface area contributed by atoms with E-state index in [-0.39, 0.29) is 0 Å². The Morgan fingerprint density at radius 2 is 1.81 bits per heavy atom. The Hall–Kier alpha value is -0.720. The second-order valence-electron chi connectivity index (χ2n) is 6.07. The van der Waals surface area contributed by atoms with Crippen molar-refractivity contribution in [3.05, 3.63) is 23.5 Å². The van der Waals surface area contributed by atoms with E-state index in [0.29, 0.717) is 6.04 Å². The highest BCUT2D eigenvalue weighted by atomic mass is 15.0. The van der Waals surface area contributed by atoms with E-state index in [1.165, 1.54) is 37.1 Å². The number of nitrogens with zero attached hydrogens (tertiary/aromatic N) is 1. The second kappa shape index (κ2) is 3.65. The lowest BCUT2D eigenvalue weighted by Crippen LogP contribution is -2.23. The second-order valence-corrected chi connectivity index (χ2v) is 6.07. The first kappa shape index (κ1) is 10.4. The highest BCUT2D eigenvalue weighted by Gasteiger charge is 2.42. The normalized spacial score (nSPS) is 34.6. The lowest BCUT2D eigenvalue weighted by Gasteiger charge is -2.31. The Labute approximate surface area is 98.9 Å². The molecule has 4 atom stereocenters. The van der Waals surface area contributed by atoms with Crippen molar-refractivity contribution in [1.29, 1.82) is 0 Å². The van der Waals surface area contributed by atoms with Crippen LogP contribution in [-0.4, -0.2) is 4.57 Å². The van der Waals surface area contributed by atoms with Crippen LogP contribution in [0.3, 0.4) is 0 Å². The summed E-state index contributed by atoms with van der Waals surface area (Å²) in [5.74, 6) is 3.04. The van der Waals surface area contributed by atoms with Gasteiger partial charge in [0.2, 0.25) is 0 Å². The van der Waals surface area contributed by atoms with Crippen LogP contribution in [0.15, 0.2) is 12.1 Å². The SMILES string of the molecule is Cc1ccc(C)n1[C@@H](C)[C@H]1C[C@H]2CC[C@H]1C2. The number of hydrogen-bond donors (Lipinski definition) is 0. The molecule has 1 heteroatoms. The fraction of sp³-hybridized carbons (Fsp3) is 0.733. The molecule has 2 aliphatic rings. The lowest BCUT2D eigenvalue weighted by atomic mass is 9.83. The van der Waals surface area contributed by atoms with Crippen LogP contribution in [-0.2, 0) is 0 Å². The molecule has 1 aromatic rings. The maximum atomic E-state index is 2.56. The van der Waals surface area contributed by atoms with E-state index in [2.05, 4.69) is 37.5 Å². The van der Waals surface area contributed by atoms with E-state index >= 15 is 0 Å². The number of aromatic nitrogens is 1. The molecule has 0 saturated heterocycles. The van der Waals surface area contributed by atoms with Crippen molar-refractivity contribution in [2.24, 2.45) is 17.8 Å². The van der Waals surface area contributed by atoms with E-state index in [4.69, 9.17) is 0 Å². The maximum Gasteiger partial charge on any atom is 0.0338 e. The van der Waals surface area contributed by atoms with Crippen molar-refractivity contribution in [3.63, 3.8) is 0 Å². The third-order valence-electron chi connectivity index (χ3n) is 5.15. The predicted molar refractivity (Wildman–Crippen MR) is 67.6 cm³/mol. The molecule has 1 aromatic heterocycles. The molecule has 0 N–H and O–H groups in total. The van der Waals surface area contributed by atoms with Gasteiger partial charge in [0, 0.05) is 17.4 Å². The summed E-state index contributed by atoms with van der Waals surface area (Å²) in [7, 11) is 0. The Kier molecular flexibility index (Phi) is 2.38. The summed E-state index contributed by atoms with van der Waals surface area (Å²) in [5, 5.41) is 0. The number of hydrogen-bond acceptors (Lipinski definition) is 0. The van der Waals surface area contributed by atoms with Crippen LogP contribution >= 0.6 is 0 Å². The van der Waals surface area contributed by atoms with Crippen LogP contribution in [0.1, 0.15) is 50.0 Å². The van der Waals surface area contributed by atoms with E-state index in [1.54, 1.807) is 0 Å². The lowest BCUT2D eigenvalue weighted by molar-refractivity contribution is 0.239. The third-order valence-corrected chi connectivity index (χ3v) is 5.15. The fourth-order valence-electron chi connectivity index (χ4n) is 4.40. The molecule has 2 saturated carbocycles. The first-order valence-electron chi connectivity index (χ1n) is 6.81. The summed E-state index contributed by atoms with van der Waals surface area (Å²) >= 11 is 0. The van der Waals surface area contributed by atoms with Gasteiger partial charge in [-0.2, -0.15) is 0 Å². The highest BCUT2D eigenvalue weighted by molar-refractivity contribution is 5.15. The number of rotatable bonds is 2. The quantitative estimate of drug-likeness (QED) is 0.703. The van der Waals surface area contributed by atoms with Gasteiger partial charge < -0.3 is 4.57 Å². The molecule has 0 aromatic carbocycles. The monoisotopic (exact) mass is 217 g/mol. The average Bonchev–Trinajstić information content (AvgIpc) is 2.93. The van der Waals surface area contributed by atoms with Gasteiger partial charge in [-0.3, -0.25) is 0 Å². The molecular weight excluding hydrogens is 194 g/mol. The molecule has 0 radical (unpaired) electrons. The smallest absolute Gasteiger partial charge is 0.0338 e. The summed E-state index contributed by atoms with van der Waals surface area (Å²) in [6.07, 6.45) is 6.02. The molecular formula is C15H23N. The average molecular weight is 217 g/mol. The number of fused-ring (bicyclic) bond motifs is 2. The topological polar surface area (TPSA) is 4.93 Å². The zero-order valence-electron chi connectivity index (χ0n) is 10.7. The van der Waals surface area contributed by atoms with Gasteiger partial charge in [0.15, 0.2) is 0 Å². The van der Waals surface area contributed by atoms with Gasteiger partial charge >= 0.3 is 0 Å². The molecule has 0 spiro atoms. The van der Waals surface area contributed by atoms with Gasteiger partial charge in [-0.15, -0.1) is 0 Å². The molecule has 2 aliphatic carbocycles. The fourth-order valence-corrected chi connectivity index (χ4v) is 4.40. The Morgan fingerprint density at radius 3 is 2.31 bits per heavy atom. The first-order chi connectivity index (χ1) is 7.66. The first-order valence-corrected chi connectivity index (χ1v) is 6.81. The predicted octanol–water partition coefficient (Wildman–Crippen LogP) is 4.10. The summed E-state index contributed by atoms with van der Waals surface area (Å²) in [6.45, 7) is 6.93. The van der Waals surface area contributed by atoms with Crippen LogP contribution in [0, 0.1) is 31.6 Å². The van der Waals surface area contributed by atoms with Crippen molar-refractivity contribution in [3.8, 4) is 0 Å². The summed E-state index contributed by atoms with van der Waals surface area (Å²) < 4.78 is 2.56. The number of aryl methyl sites for hydroxylation is 2. The minimum atomic E-state index is 0.713. The van der Waals surface area contributed by atoms with E-state index in [0.717, 1.165) is 17.8 Å². The van der Waals surface area contributed by atoms with Crippen LogP contribution < -0.4 is 0 Å². The van der Waals surface area contributed by atoms with Gasteiger partial charge in [-0.25, -0.2) is 0 Å². The Bertz CT molecular complexity index is 371. The van der Waals surface area contributed by atoms with Crippen LogP contribution in [0.5, 0.6) is 0 Å². The summed E-state index contributed by atoms with van der Waals surface area (Å²) in [6, 6.07) is 5.24. The molecule has 88 valence electrons. The Morgan fingerprint density at radius 1 is 1.12 bits per heavy atom. The summed E-state index contributed by atoms with van der Waals surface area (Å²) in [5.41, 5.74) is 2.88. The Balaban J connectivity index is 1.85. The molecule has 1 nitrogen and oxygen atoms in total. The van der Waals surface area contributed by atoms with Crippen molar-refractivity contribution in [2.45, 2.75) is 52.5 Å². The van der Waals surface area contributed by atoms with Crippen LogP contribution in [0.25, 0.3) is 0 Å². The van der Waals surface area contributed by atoms with E-state index in [1.807, 2.05) is 0 Å². The van der Waals surface area contributed by atoms with Gasteiger partial charge in [0.1, 0.15) is 0 Å². The van der Waals surface area contributed by atoms with Crippen molar-refractivity contribution < 1.29 is 0 Å². The van der Waals surface area contributed by atoms with Gasteiger partial charge in [-0.1, -0.05) is 6.42 Å².